The first-order valence-electron chi connectivity index (χ1n) is 9.64. The van der Waals surface area contributed by atoms with E-state index in [4.69, 9.17) is 4.74 Å². The Balaban J connectivity index is 1.57. The SMILES string of the molecule is CC1(C)C[C@@]2(CCC3=Cc4c(cnn4-c4ccc(F)cc4)C[C@@]32C)OC1O. The van der Waals surface area contributed by atoms with Gasteiger partial charge in [0.1, 0.15) is 5.82 Å². The summed E-state index contributed by atoms with van der Waals surface area (Å²) in [7, 11) is 0. The fourth-order valence-electron chi connectivity index (χ4n) is 5.41. The number of halogens is 1. The fourth-order valence-corrected chi connectivity index (χ4v) is 5.41. The van der Waals surface area contributed by atoms with Gasteiger partial charge in [0.05, 0.1) is 23.2 Å². The van der Waals surface area contributed by atoms with Crippen LogP contribution in [-0.4, -0.2) is 26.8 Å². The maximum absolute atomic E-state index is 13.3. The molecule has 27 heavy (non-hydrogen) atoms. The quantitative estimate of drug-likeness (QED) is 0.818. The number of aliphatic hydroxyl groups is 1. The molecule has 2 aromatic rings. The van der Waals surface area contributed by atoms with Gasteiger partial charge in [0.25, 0.3) is 0 Å². The predicted molar refractivity (Wildman–Crippen MR) is 101 cm³/mol. The highest BCUT2D eigenvalue weighted by Gasteiger charge is 2.63. The van der Waals surface area contributed by atoms with Crippen molar-refractivity contribution in [2.24, 2.45) is 10.8 Å². The Morgan fingerprint density at radius 3 is 2.63 bits per heavy atom. The monoisotopic (exact) mass is 368 g/mol. The standard InChI is InChI=1S/C22H25FN2O2/c1-20(2)13-22(27-19(20)26)9-8-15-10-18-14(11-21(15,22)3)12-24-25(18)17-6-4-16(23)5-7-17/h4-7,10,12,19,26H,8-9,11,13H2,1-3H3/t19?,21-,22+/m0/s1. The van der Waals surface area contributed by atoms with E-state index >= 15 is 0 Å². The van der Waals surface area contributed by atoms with Crippen molar-refractivity contribution in [2.75, 3.05) is 0 Å². The highest BCUT2D eigenvalue weighted by Crippen LogP contribution is 2.63. The lowest BCUT2D eigenvalue weighted by molar-refractivity contribution is -0.183. The molecule has 1 aromatic heterocycles. The molecule has 1 saturated heterocycles. The lowest BCUT2D eigenvalue weighted by Gasteiger charge is -2.43. The largest absolute Gasteiger partial charge is 0.367 e. The Morgan fingerprint density at radius 1 is 1.22 bits per heavy atom. The van der Waals surface area contributed by atoms with E-state index in [-0.39, 0.29) is 22.2 Å². The van der Waals surface area contributed by atoms with Gasteiger partial charge in [-0.05, 0) is 61.6 Å². The molecule has 142 valence electrons. The molecule has 5 rings (SSSR count). The molecule has 0 bridgehead atoms. The normalized spacial score (nSPS) is 33.8. The van der Waals surface area contributed by atoms with Gasteiger partial charge < -0.3 is 9.84 Å². The van der Waals surface area contributed by atoms with Crippen molar-refractivity contribution in [3.63, 3.8) is 0 Å². The van der Waals surface area contributed by atoms with E-state index in [9.17, 15) is 9.50 Å². The minimum Gasteiger partial charge on any atom is -0.367 e. The second-order valence-corrected chi connectivity index (χ2v) is 9.25. The number of aliphatic hydroxyl groups excluding tert-OH is 1. The molecule has 1 spiro atoms. The van der Waals surface area contributed by atoms with Crippen LogP contribution in [0.15, 0.2) is 36.0 Å². The molecule has 1 aliphatic heterocycles. The van der Waals surface area contributed by atoms with Gasteiger partial charge in [0.2, 0.25) is 0 Å². The Bertz CT molecular complexity index is 946. The molecule has 1 unspecified atom stereocenters. The molecule has 2 fully saturated rings. The first-order chi connectivity index (χ1) is 12.7. The van der Waals surface area contributed by atoms with E-state index < -0.39 is 6.29 Å². The van der Waals surface area contributed by atoms with Crippen molar-refractivity contribution < 1.29 is 14.2 Å². The molecule has 2 heterocycles. The summed E-state index contributed by atoms with van der Waals surface area (Å²) in [6.07, 6.45) is 7.04. The van der Waals surface area contributed by atoms with Gasteiger partial charge in [-0.3, -0.25) is 0 Å². The van der Waals surface area contributed by atoms with Crippen LogP contribution in [0.5, 0.6) is 0 Å². The van der Waals surface area contributed by atoms with Crippen LogP contribution in [0.3, 0.4) is 0 Å². The van der Waals surface area contributed by atoms with Crippen LogP contribution in [0.4, 0.5) is 4.39 Å². The third-order valence-corrected chi connectivity index (χ3v) is 7.07. The molecule has 5 heteroatoms. The summed E-state index contributed by atoms with van der Waals surface area (Å²) in [6, 6.07) is 6.43. The summed E-state index contributed by atoms with van der Waals surface area (Å²) in [4.78, 5) is 0. The second-order valence-electron chi connectivity index (χ2n) is 9.25. The van der Waals surface area contributed by atoms with E-state index in [0.717, 1.165) is 37.1 Å². The van der Waals surface area contributed by atoms with Gasteiger partial charge in [-0.2, -0.15) is 5.10 Å². The molecule has 1 N–H and O–H groups in total. The van der Waals surface area contributed by atoms with E-state index in [1.54, 1.807) is 12.1 Å². The van der Waals surface area contributed by atoms with Crippen LogP contribution >= 0.6 is 0 Å². The number of rotatable bonds is 1. The highest BCUT2D eigenvalue weighted by molar-refractivity contribution is 5.62. The van der Waals surface area contributed by atoms with E-state index in [0.29, 0.717) is 0 Å². The maximum atomic E-state index is 13.3. The van der Waals surface area contributed by atoms with Crippen molar-refractivity contribution in [1.29, 1.82) is 0 Å². The molecule has 2 aliphatic carbocycles. The van der Waals surface area contributed by atoms with Gasteiger partial charge in [0, 0.05) is 10.8 Å². The smallest absolute Gasteiger partial charge is 0.160 e. The maximum Gasteiger partial charge on any atom is 0.160 e. The number of hydrogen-bond acceptors (Lipinski definition) is 3. The van der Waals surface area contributed by atoms with Crippen LogP contribution in [0, 0.1) is 16.6 Å². The van der Waals surface area contributed by atoms with Gasteiger partial charge >= 0.3 is 0 Å². The van der Waals surface area contributed by atoms with Crippen molar-refractivity contribution in [1.82, 2.24) is 9.78 Å². The zero-order valence-corrected chi connectivity index (χ0v) is 16.0. The van der Waals surface area contributed by atoms with Gasteiger partial charge in [-0.15, -0.1) is 0 Å². The highest BCUT2D eigenvalue weighted by atomic mass is 19.1. The number of nitrogens with zero attached hydrogens (tertiary/aromatic N) is 2. The molecule has 1 saturated carbocycles. The summed E-state index contributed by atoms with van der Waals surface area (Å²) >= 11 is 0. The van der Waals surface area contributed by atoms with Crippen molar-refractivity contribution in [3.8, 4) is 5.69 Å². The minimum atomic E-state index is -0.725. The van der Waals surface area contributed by atoms with Crippen LogP contribution in [-0.2, 0) is 11.2 Å². The molecule has 3 aliphatic rings. The van der Waals surface area contributed by atoms with Crippen LogP contribution in [0.2, 0.25) is 0 Å². The first kappa shape index (κ1) is 17.1. The molecule has 1 aromatic carbocycles. The van der Waals surface area contributed by atoms with Gasteiger partial charge in [-0.1, -0.05) is 26.3 Å². The summed E-state index contributed by atoms with van der Waals surface area (Å²) in [5.74, 6) is -0.247. The fraction of sp³-hybridized carbons (Fsp3) is 0.500. The number of ether oxygens (including phenoxy) is 1. The number of benzene rings is 1. The molecule has 4 nitrogen and oxygen atoms in total. The molecule has 3 atom stereocenters. The van der Waals surface area contributed by atoms with Crippen LogP contribution < -0.4 is 0 Å². The zero-order valence-electron chi connectivity index (χ0n) is 16.0. The van der Waals surface area contributed by atoms with E-state index in [2.05, 4.69) is 31.9 Å². The lowest BCUT2D eigenvalue weighted by atomic mass is 9.64. The Morgan fingerprint density at radius 2 is 1.96 bits per heavy atom. The van der Waals surface area contributed by atoms with Gasteiger partial charge in [0.15, 0.2) is 6.29 Å². The summed E-state index contributed by atoms with van der Waals surface area (Å²) in [6.45, 7) is 6.44. The number of hydrogen-bond donors (Lipinski definition) is 1. The predicted octanol–water partition coefficient (Wildman–Crippen LogP) is 4.25. The minimum absolute atomic E-state index is 0.134. The second kappa shape index (κ2) is 5.30. The third kappa shape index (κ3) is 2.25. The summed E-state index contributed by atoms with van der Waals surface area (Å²) < 4.78 is 21.4. The van der Waals surface area contributed by atoms with E-state index in [1.807, 2.05) is 10.9 Å². The topological polar surface area (TPSA) is 47.3 Å². The molecular weight excluding hydrogens is 343 g/mol. The average molecular weight is 368 g/mol. The van der Waals surface area contributed by atoms with Gasteiger partial charge in [-0.25, -0.2) is 9.07 Å². The number of fused-ring (bicyclic) bond motifs is 3. The average Bonchev–Trinajstić information content (AvgIpc) is 3.20. The summed E-state index contributed by atoms with van der Waals surface area (Å²) in [5.41, 5.74) is 3.78. The Hall–Kier alpha value is -1.98. The molecular formula is C22H25FN2O2. The lowest BCUT2D eigenvalue weighted by Crippen LogP contribution is -2.45. The summed E-state index contributed by atoms with van der Waals surface area (Å²) in [5, 5.41) is 15.0. The van der Waals surface area contributed by atoms with Crippen molar-refractivity contribution >= 4 is 6.08 Å². The van der Waals surface area contributed by atoms with Crippen molar-refractivity contribution in [3.05, 3.63) is 53.1 Å². The molecule has 0 radical (unpaired) electrons. The van der Waals surface area contributed by atoms with Crippen LogP contribution in [0.1, 0.15) is 51.3 Å². The van der Waals surface area contributed by atoms with Crippen molar-refractivity contribution in [2.45, 2.75) is 58.3 Å². The number of aromatic nitrogens is 2. The van der Waals surface area contributed by atoms with E-state index in [1.165, 1.54) is 23.3 Å². The van der Waals surface area contributed by atoms with Crippen LogP contribution in [0.25, 0.3) is 11.8 Å². The Kier molecular flexibility index (Phi) is 3.36. The first-order valence-corrected chi connectivity index (χ1v) is 9.64. The zero-order chi connectivity index (χ0) is 19.0. The third-order valence-electron chi connectivity index (χ3n) is 7.07. The Labute approximate surface area is 158 Å². The molecule has 0 amide bonds.